The molecule has 0 fully saturated rings. The predicted octanol–water partition coefficient (Wildman–Crippen LogP) is 1.26. The van der Waals surface area contributed by atoms with E-state index >= 15 is 0 Å². The summed E-state index contributed by atoms with van der Waals surface area (Å²) in [4.78, 5) is 48.8. The molecule has 1 amide bonds. The summed E-state index contributed by atoms with van der Waals surface area (Å²) >= 11 is 0. The third-order valence-electron chi connectivity index (χ3n) is 3.16. The van der Waals surface area contributed by atoms with Gasteiger partial charge in [-0.25, -0.2) is 9.59 Å². The molecule has 1 aromatic rings. The van der Waals surface area contributed by atoms with Gasteiger partial charge in [-0.1, -0.05) is 30.3 Å². The van der Waals surface area contributed by atoms with E-state index < -0.39 is 35.6 Å². The van der Waals surface area contributed by atoms with Crippen molar-refractivity contribution in [3.8, 4) is 0 Å². The molecule has 0 radical (unpaired) electrons. The minimum absolute atomic E-state index is 0.0148. The van der Waals surface area contributed by atoms with Crippen LogP contribution in [0.2, 0.25) is 0 Å². The van der Waals surface area contributed by atoms with Gasteiger partial charge in [-0.15, -0.1) is 0 Å². The lowest BCUT2D eigenvalue weighted by molar-refractivity contribution is -0.167. The summed E-state index contributed by atoms with van der Waals surface area (Å²) in [5.41, 5.74) is -1.90. The number of rotatable bonds is 8. The van der Waals surface area contributed by atoms with Gasteiger partial charge in [-0.2, -0.15) is 0 Å². The highest BCUT2D eigenvalue weighted by Gasteiger charge is 2.51. The van der Waals surface area contributed by atoms with E-state index in [2.05, 4.69) is 5.32 Å². The van der Waals surface area contributed by atoms with Gasteiger partial charge in [0.25, 0.3) is 0 Å². The SMILES string of the molecule is CCOC(=O)C(CC(=O)c1ccccc1)(NC(C)=O)C(=O)OCC. The normalized spacial score (nSPS) is 10.6. The highest BCUT2D eigenvalue weighted by molar-refractivity contribution is 6.13. The summed E-state index contributed by atoms with van der Waals surface area (Å²) in [6.07, 6.45) is -0.589. The Labute approximate surface area is 140 Å². The summed E-state index contributed by atoms with van der Waals surface area (Å²) < 4.78 is 9.81. The quantitative estimate of drug-likeness (QED) is 0.436. The van der Waals surface area contributed by atoms with Crippen molar-refractivity contribution in [2.24, 2.45) is 0 Å². The first kappa shape index (κ1) is 19.3. The first-order valence-corrected chi connectivity index (χ1v) is 7.58. The summed E-state index contributed by atoms with van der Waals surface area (Å²) in [7, 11) is 0. The number of carbonyl (C=O) groups excluding carboxylic acids is 4. The fourth-order valence-electron chi connectivity index (χ4n) is 2.15. The third-order valence-corrected chi connectivity index (χ3v) is 3.16. The molecule has 7 heteroatoms. The van der Waals surface area contributed by atoms with E-state index in [0.717, 1.165) is 6.92 Å². The van der Waals surface area contributed by atoms with Crippen LogP contribution in [0.25, 0.3) is 0 Å². The van der Waals surface area contributed by atoms with Gasteiger partial charge in [0.15, 0.2) is 5.78 Å². The molecule has 1 aromatic carbocycles. The second-order valence-corrected chi connectivity index (χ2v) is 4.99. The number of ketones is 1. The zero-order valence-electron chi connectivity index (χ0n) is 14.0. The Morgan fingerprint density at radius 3 is 1.88 bits per heavy atom. The van der Waals surface area contributed by atoms with Crippen LogP contribution in [-0.4, -0.2) is 42.4 Å². The fraction of sp³-hybridized carbons (Fsp3) is 0.412. The second kappa shape index (κ2) is 8.81. The molecule has 24 heavy (non-hydrogen) atoms. The number of esters is 2. The van der Waals surface area contributed by atoms with Gasteiger partial charge >= 0.3 is 11.9 Å². The van der Waals surface area contributed by atoms with Crippen LogP contribution in [0.3, 0.4) is 0 Å². The van der Waals surface area contributed by atoms with Gasteiger partial charge in [0.2, 0.25) is 11.4 Å². The molecule has 0 saturated heterocycles. The lowest BCUT2D eigenvalue weighted by Gasteiger charge is -2.29. The Bertz CT molecular complexity index is 593. The molecule has 0 aliphatic carbocycles. The highest BCUT2D eigenvalue weighted by Crippen LogP contribution is 2.20. The monoisotopic (exact) mass is 335 g/mol. The number of nitrogens with one attached hydrogen (secondary N) is 1. The largest absolute Gasteiger partial charge is 0.464 e. The van der Waals surface area contributed by atoms with Gasteiger partial charge in [-0.05, 0) is 13.8 Å². The number of hydrogen-bond donors (Lipinski definition) is 1. The van der Waals surface area contributed by atoms with Crippen molar-refractivity contribution in [3.05, 3.63) is 35.9 Å². The Balaban J connectivity index is 3.27. The minimum Gasteiger partial charge on any atom is -0.464 e. The van der Waals surface area contributed by atoms with E-state index in [0.29, 0.717) is 5.56 Å². The lowest BCUT2D eigenvalue weighted by Crippen LogP contribution is -2.62. The maximum absolute atomic E-state index is 12.5. The molecular formula is C17H21NO6. The zero-order valence-corrected chi connectivity index (χ0v) is 14.0. The Morgan fingerprint density at radius 2 is 1.46 bits per heavy atom. The molecule has 0 heterocycles. The van der Waals surface area contributed by atoms with Gasteiger partial charge in [0.05, 0.1) is 19.6 Å². The maximum Gasteiger partial charge on any atom is 0.344 e. The molecule has 0 saturated carbocycles. The molecule has 0 spiro atoms. The van der Waals surface area contributed by atoms with E-state index in [1.165, 1.54) is 0 Å². The van der Waals surface area contributed by atoms with Crippen LogP contribution < -0.4 is 5.32 Å². The van der Waals surface area contributed by atoms with Crippen molar-refractivity contribution in [2.75, 3.05) is 13.2 Å². The van der Waals surface area contributed by atoms with Crippen molar-refractivity contribution in [1.29, 1.82) is 0 Å². The summed E-state index contributed by atoms with van der Waals surface area (Å²) in [5.74, 6) is -3.20. The summed E-state index contributed by atoms with van der Waals surface area (Å²) in [6.45, 7) is 4.22. The van der Waals surface area contributed by atoms with Gasteiger partial charge in [0.1, 0.15) is 0 Å². The first-order valence-electron chi connectivity index (χ1n) is 7.58. The topological polar surface area (TPSA) is 98.8 Å². The van der Waals surface area contributed by atoms with Crippen LogP contribution in [0.1, 0.15) is 37.6 Å². The average molecular weight is 335 g/mol. The third kappa shape index (κ3) is 4.65. The lowest BCUT2D eigenvalue weighted by atomic mass is 9.90. The number of hydrogen-bond acceptors (Lipinski definition) is 6. The summed E-state index contributed by atoms with van der Waals surface area (Å²) in [5, 5.41) is 2.25. The predicted molar refractivity (Wildman–Crippen MR) is 85.2 cm³/mol. The molecule has 130 valence electrons. The molecule has 0 atom stereocenters. The number of amides is 1. The molecule has 0 bridgehead atoms. The van der Waals surface area contributed by atoms with Crippen LogP contribution in [0.4, 0.5) is 0 Å². The standard InChI is InChI=1S/C17H21NO6/c1-4-23-15(21)17(18-12(3)19,16(22)24-5-2)11-14(20)13-9-7-6-8-10-13/h6-10H,4-5,11H2,1-3H3,(H,18,19). The summed E-state index contributed by atoms with van der Waals surface area (Å²) in [6, 6.07) is 8.15. The molecule has 7 nitrogen and oxygen atoms in total. The Hall–Kier alpha value is -2.70. The van der Waals surface area contributed by atoms with E-state index in [-0.39, 0.29) is 13.2 Å². The van der Waals surface area contributed by atoms with Crippen LogP contribution >= 0.6 is 0 Å². The van der Waals surface area contributed by atoms with Gasteiger partial charge in [0, 0.05) is 12.5 Å². The molecule has 0 aromatic heterocycles. The van der Waals surface area contributed by atoms with Crippen molar-refractivity contribution in [3.63, 3.8) is 0 Å². The molecule has 1 rings (SSSR count). The van der Waals surface area contributed by atoms with Crippen LogP contribution in [-0.2, 0) is 23.9 Å². The van der Waals surface area contributed by atoms with Crippen LogP contribution in [0, 0.1) is 0 Å². The van der Waals surface area contributed by atoms with Crippen LogP contribution in [0.5, 0.6) is 0 Å². The second-order valence-electron chi connectivity index (χ2n) is 4.99. The van der Waals surface area contributed by atoms with Crippen LogP contribution in [0.15, 0.2) is 30.3 Å². The smallest absolute Gasteiger partial charge is 0.344 e. The molecular weight excluding hydrogens is 314 g/mol. The molecule has 0 unspecified atom stereocenters. The Morgan fingerprint density at radius 1 is 0.958 bits per heavy atom. The number of benzene rings is 1. The Kier molecular flexibility index (Phi) is 7.10. The fourth-order valence-corrected chi connectivity index (χ4v) is 2.15. The van der Waals surface area contributed by atoms with Crippen molar-refractivity contribution >= 4 is 23.6 Å². The van der Waals surface area contributed by atoms with Gasteiger partial charge in [-0.3, -0.25) is 9.59 Å². The number of Topliss-reactive ketones (excluding diaryl/α,β-unsaturated/α-hetero) is 1. The average Bonchev–Trinajstić information content (AvgIpc) is 2.54. The maximum atomic E-state index is 12.5. The van der Waals surface area contributed by atoms with E-state index in [1.807, 2.05) is 0 Å². The van der Waals surface area contributed by atoms with E-state index in [9.17, 15) is 19.2 Å². The number of ether oxygens (including phenoxy) is 2. The zero-order chi connectivity index (χ0) is 18.2. The van der Waals surface area contributed by atoms with Gasteiger partial charge < -0.3 is 14.8 Å². The minimum atomic E-state index is -2.20. The number of carbonyl (C=O) groups is 4. The van der Waals surface area contributed by atoms with E-state index in [1.54, 1.807) is 44.2 Å². The van der Waals surface area contributed by atoms with Crippen molar-refractivity contribution in [1.82, 2.24) is 5.32 Å². The molecule has 0 aliphatic heterocycles. The van der Waals surface area contributed by atoms with Crippen molar-refractivity contribution < 1.29 is 28.7 Å². The first-order chi connectivity index (χ1) is 11.4. The molecule has 1 N–H and O–H groups in total. The molecule has 0 aliphatic rings. The van der Waals surface area contributed by atoms with E-state index in [4.69, 9.17) is 9.47 Å². The highest BCUT2D eigenvalue weighted by atomic mass is 16.6. The van der Waals surface area contributed by atoms with Crippen molar-refractivity contribution in [2.45, 2.75) is 32.7 Å².